The third-order valence-electron chi connectivity index (χ3n) is 3.97. The van der Waals surface area contributed by atoms with Crippen LogP contribution in [0.2, 0.25) is 0 Å². The Hall–Kier alpha value is -0.0800. The molecule has 2 nitrogen and oxygen atoms in total. The van der Waals surface area contributed by atoms with Crippen LogP contribution >= 0.6 is 0 Å². The summed E-state index contributed by atoms with van der Waals surface area (Å²) in [5, 5.41) is 9.27. The van der Waals surface area contributed by atoms with Crippen molar-refractivity contribution in [1.82, 2.24) is 4.90 Å². The monoisotopic (exact) mass is 169 g/mol. The first-order valence-electron chi connectivity index (χ1n) is 5.07. The molecular weight excluding hydrogens is 150 g/mol. The number of fused-ring (bicyclic) bond motifs is 2. The topological polar surface area (TPSA) is 23.5 Å². The van der Waals surface area contributed by atoms with E-state index in [1.807, 2.05) is 0 Å². The minimum Gasteiger partial charge on any atom is -0.396 e. The lowest BCUT2D eigenvalue weighted by Crippen LogP contribution is -2.47. The van der Waals surface area contributed by atoms with Crippen molar-refractivity contribution in [3.05, 3.63) is 0 Å². The zero-order chi connectivity index (χ0) is 8.72. The molecule has 0 aromatic carbocycles. The molecule has 2 fully saturated rings. The molecule has 0 aromatic rings. The summed E-state index contributed by atoms with van der Waals surface area (Å²) in [6, 6.07) is 1.48. The first-order valence-corrected chi connectivity index (χ1v) is 5.07. The van der Waals surface area contributed by atoms with Gasteiger partial charge in [-0.3, -0.25) is 0 Å². The maximum absolute atomic E-state index is 9.27. The highest BCUT2D eigenvalue weighted by Gasteiger charge is 2.43. The second-order valence-corrected chi connectivity index (χ2v) is 4.52. The van der Waals surface area contributed by atoms with Crippen molar-refractivity contribution in [2.24, 2.45) is 11.8 Å². The highest BCUT2D eigenvalue weighted by Crippen LogP contribution is 2.40. The van der Waals surface area contributed by atoms with Crippen LogP contribution in [0.3, 0.4) is 0 Å². The molecule has 0 radical (unpaired) electrons. The van der Waals surface area contributed by atoms with Crippen molar-refractivity contribution in [2.75, 3.05) is 13.7 Å². The maximum atomic E-state index is 9.27. The van der Waals surface area contributed by atoms with E-state index in [0.717, 1.165) is 12.0 Å². The molecule has 12 heavy (non-hydrogen) atoms. The lowest BCUT2D eigenvalue weighted by Gasteiger charge is -2.40. The second-order valence-electron chi connectivity index (χ2n) is 4.52. The van der Waals surface area contributed by atoms with Crippen molar-refractivity contribution in [3.63, 3.8) is 0 Å². The first kappa shape index (κ1) is 8.52. The molecule has 4 atom stereocenters. The van der Waals surface area contributed by atoms with E-state index in [2.05, 4.69) is 18.9 Å². The summed E-state index contributed by atoms with van der Waals surface area (Å²) in [5.41, 5.74) is 0. The molecule has 2 rings (SSSR count). The highest BCUT2D eigenvalue weighted by molar-refractivity contribution is 4.97. The van der Waals surface area contributed by atoms with E-state index in [0.29, 0.717) is 18.6 Å². The second kappa shape index (κ2) is 3.00. The highest BCUT2D eigenvalue weighted by atomic mass is 16.3. The van der Waals surface area contributed by atoms with Gasteiger partial charge in [-0.05, 0) is 32.2 Å². The van der Waals surface area contributed by atoms with Crippen LogP contribution in [0, 0.1) is 11.8 Å². The molecule has 2 saturated heterocycles. The van der Waals surface area contributed by atoms with E-state index < -0.39 is 0 Å². The van der Waals surface area contributed by atoms with Gasteiger partial charge in [0.05, 0.1) is 0 Å². The van der Waals surface area contributed by atoms with Crippen molar-refractivity contribution in [1.29, 1.82) is 0 Å². The van der Waals surface area contributed by atoms with Crippen LogP contribution in [-0.4, -0.2) is 35.7 Å². The van der Waals surface area contributed by atoms with Gasteiger partial charge in [0.25, 0.3) is 0 Å². The normalized spacial score (nSPS) is 48.2. The van der Waals surface area contributed by atoms with Gasteiger partial charge in [0.1, 0.15) is 0 Å². The molecule has 2 aliphatic rings. The Morgan fingerprint density at radius 3 is 2.83 bits per heavy atom. The third-order valence-corrected chi connectivity index (χ3v) is 3.97. The summed E-state index contributed by atoms with van der Waals surface area (Å²) in [6.07, 6.45) is 3.94. The number of aliphatic hydroxyl groups is 1. The van der Waals surface area contributed by atoms with Gasteiger partial charge in [-0.15, -0.1) is 0 Å². The number of rotatable bonds is 1. The number of hydrogen-bond donors (Lipinski definition) is 1. The van der Waals surface area contributed by atoms with Crippen LogP contribution in [0.4, 0.5) is 0 Å². The molecule has 2 heterocycles. The third kappa shape index (κ3) is 1.09. The molecule has 0 saturated carbocycles. The Balaban J connectivity index is 2.14. The van der Waals surface area contributed by atoms with Crippen LogP contribution in [-0.2, 0) is 0 Å². The smallest absolute Gasteiger partial charge is 0.0476 e. The van der Waals surface area contributed by atoms with Crippen molar-refractivity contribution >= 4 is 0 Å². The zero-order valence-electron chi connectivity index (χ0n) is 8.03. The van der Waals surface area contributed by atoms with Gasteiger partial charge in [-0.2, -0.15) is 0 Å². The number of aliphatic hydroxyl groups excluding tert-OH is 1. The summed E-state index contributed by atoms with van der Waals surface area (Å²) in [5.74, 6) is 1.26. The summed E-state index contributed by atoms with van der Waals surface area (Å²) < 4.78 is 0. The molecule has 0 amide bonds. The van der Waals surface area contributed by atoms with Gasteiger partial charge in [0.15, 0.2) is 0 Å². The van der Waals surface area contributed by atoms with Crippen molar-refractivity contribution < 1.29 is 5.11 Å². The van der Waals surface area contributed by atoms with Crippen molar-refractivity contribution in [2.45, 2.75) is 38.3 Å². The Morgan fingerprint density at radius 2 is 2.17 bits per heavy atom. The number of nitrogens with zero attached hydrogens (tertiary/aromatic N) is 1. The fourth-order valence-corrected chi connectivity index (χ4v) is 3.13. The molecule has 0 aliphatic carbocycles. The van der Waals surface area contributed by atoms with Gasteiger partial charge < -0.3 is 10.0 Å². The molecule has 4 unspecified atom stereocenters. The molecule has 0 spiro atoms. The van der Waals surface area contributed by atoms with Crippen LogP contribution in [0.15, 0.2) is 0 Å². The average Bonchev–Trinajstić information content (AvgIpc) is 2.34. The Morgan fingerprint density at radius 1 is 1.42 bits per heavy atom. The molecule has 2 aliphatic heterocycles. The van der Waals surface area contributed by atoms with Gasteiger partial charge in [-0.25, -0.2) is 0 Å². The van der Waals surface area contributed by atoms with E-state index in [-0.39, 0.29) is 0 Å². The molecule has 2 bridgehead atoms. The van der Waals surface area contributed by atoms with E-state index in [4.69, 9.17) is 0 Å². The first-order chi connectivity index (χ1) is 5.74. The molecule has 1 N–H and O–H groups in total. The van der Waals surface area contributed by atoms with Crippen LogP contribution in [0.25, 0.3) is 0 Å². The fourth-order valence-electron chi connectivity index (χ4n) is 3.13. The number of piperidine rings is 1. The predicted molar refractivity (Wildman–Crippen MR) is 48.9 cm³/mol. The summed E-state index contributed by atoms with van der Waals surface area (Å²) in [7, 11) is 2.22. The minimum atomic E-state index is 0.378. The van der Waals surface area contributed by atoms with Crippen molar-refractivity contribution in [3.8, 4) is 0 Å². The van der Waals surface area contributed by atoms with E-state index in [9.17, 15) is 5.11 Å². The standard InChI is InChI=1S/C10H19NO/c1-7-5-8-3-4-10(11(8)2)9(7)6-12/h7-10,12H,3-6H2,1-2H3. The van der Waals surface area contributed by atoms with E-state index >= 15 is 0 Å². The van der Waals surface area contributed by atoms with Gasteiger partial charge in [-0.1, -0.05) is 6.92 Å². The Bertz CT molecular complexity index is 171. The van der Waals surface area contributed by atoms with Gasteiger partial charge in [0.2, 0.25) is 0 Å². The summed E-state index contributed by atoms with van der Waals surface area (Å²) in [4.78, 5) is 2.49. The molecule has 0 aromatic heterocycles. The Kier molecular flexibility index (Phi) is 2.13. The zero-order valence-corrected chi connectivity index (χ0v) is 8.03. The predicted octanol–water partition coefficient (Wildman–Crippen LogP) is 1.10. The Labute approximate surface area is 74.6 Å². The van der Waals surface area contributed by atoms with Crippen LogP contribution in [0.5, 0.6) is 0 Å². The van der Waals surface area contributed by atoms with E-state index in [1.54, 1.807) is 0 Å². The largest absolute Gasteiger partial charge is 0.396 e. The lowest BCUT2D eigenvalue weighted by atomic mass is 9.82. The SMILES string of the molecule is CC1CC2CCC(C1CO)N2C. The van der Waals surface area contributed by atoms with E-state index in [1.165, 1.54) is 19.3 Å². The van der Waals surface area contributed by atoms with Crippen LogP contribution in [0.1, 0.15) is 26.2 Å². The number of hydrogen-bond acceptors (Lipinski definition) is 2. The lowest BCUT2D eigenvalue weighted by molar-refractivity contribution is 0.0382. The van der Waals surface area contributed by atoms with Crippen LogP contribution < -0.4 is 0 Å². The summed E-state index contributed by atoms with van der Waals surface area (Å²) >= 11 is 0. The average molecular weight is 169 g/mol. The molecule has 70 valence electrons. The molecular formula is C10H19NO. The van der Waals surface area contributed by atoms with Gasteiger partial charge in [0, 0.05) is 24.6 Å². The van der Waals surface area contributed by atoms with Gasteiger partial charge >= 0.3 is 0 Å². The quantitative estimate of drug-likeness (QED) is 0.635. The molecule has 2 heteroatoms. The summed E-state index contributed by atoms with van der Waals surface area (Å²) in [6.45, 7) is 2.67. The fraction of sp³-hybridized carbons (Fsp3) is 1.00. The maximum Gasteiger partial charge on any atom is 0.0476 e. The minimum absolute atomic E-state index is 0.378.